The molecular formula is C25H34BrN3O6S. The van der Waals surface area contributed by atoms with Gasteiger partial charge in [-0.25, -0.2) is 8.42 Å². The Balaban J connectivity index is 2.44. The maximum atomic E-state index is 13.6. The van der Waals surface area contributed by atoms with E-state index in [-0.39, 0.29) is 24.2 Å². The Labute approximate surface area is 221 Å². The Morgan fingerprint density at radius 3 is 2.28 bits per heavy atom. The molecule has 2 atom stereocenters. The van der Waals surface area contributed by atoms with E-state index in [0.29, 0.717) is 11.5 Å². The van der Waals surface area contributed by atoms with Crippen LogP contribution in [-0.4, -0.2) is 64.2 Å². The highest BCUT2D eigenvalue weighted by molar-refractivity contribution is 9.10. The molecule has 0 unspecified atom stereocenters. The lowest BCUT2D eigenvalue weighted by Crippen LogP contribution is -2.52. The molecule has 2 aromatic carbocycles. The van der Waals surface area contributed by atoms with Crippen LogP contribution in [0.1, 0.15) is 32.8 Å². The number of hydrogen-bond acceptors (Lipinski definition) is 6. The van der Waals surface area contributed by atoms with Gasteiger partial charge in [0.05, 0.1) is 26.2 Å². The number of benzene rings is 2. The first-order chi connectivity index (χ1) is 16.9. The van der Waals surface area contributed by atoms with Crippen molar-refractivity contribution in [2.75, 3.05) is 31.3 Å². The lowest BCUT2D eigenvalue weighted by molar-refractivity contribution is -0.139. The highest BCUT2D eigenvalue weighted by atomic mass is 79.9. The third-order valence-corrected chi connectivity index (χ3v) is 7.38. The van der Waals surface area contributed by atoms with Crippen molar-refractivity contribution >= 4 is 43.5 Å². The van der Waals surface area contributed by atoms with Gasteiger partial charge in [-0.15, -0.1) is 0 Å². The number of nitrogens with one attached hydrogen (secondary N) is 1. The Morgan fingerprint density at radius 2 is 1.72 bits per heavy atom. The number of hydrogen-bond donors (Lipinski definition) is 1. The number of anilines is 1. The summed E-state index contributed by atoms with van der Waals surface area (Å²) in [6, 6.07) is 11.1. The Bertz CT molecular complexity index is 1170. The summed E-state index contributed by atoms with van der Waals surface area (Å²) in [7, 11) is -0.946. The summed E-state index contributed by atoms with van der Waals surface area (Å²) in [6.45, 7) is 5.09. The normalized spacial score (nSPS) is 12.9. The average molecular weight is 585 g/mol. The molecule has 0 saturated heterocycles. The maximum Gasteiger partial charge on any atom is 0.244 e. The Kier molecular flexibility index (Phi) is 10.6. The van der Waals surface area contributed by atoms with Crippen LogP contribution in [-0.2, 0) is 26.2 Å². The molecule has 0 aromatic heterocycles. The SMILES string of the molecule is CC[C@@H](C)NC(=O)[C@H](C)N(Cc1cccc(Br)c1)C(=O)CN(c1ccc(OC)c(OC)c1)S(C)(=O)=O. The molecule has 0 aliphatic heterocycles. The second-order valence-electron chi connectivity index (χ2n) is 8.45. The summed E-state index contributed by atoms with van der Waals surface area (Å²) < 4.78 is 37.8. The molecule has 0 fully saturated rings. The lowest BCUT2D eigenvalue weighted by Gasteiger charge is -2.32. The Morgan fingerprint density at radius 1 is 1.06 bits per heavy atom. The van der Waals surface area contributed by atoms with Gasteiger partial charge in [-0.1, -0.05) is 35.0 Å². The number of amides is 2. The van der Waals surface area contributed by atoms with Crippen LogP contribution in [0.5, 0.6) is 11.5 Å². The molecule has 0 aliphatic rings. The van der Waals surface area contributed by atoms with Gasteiger partial charge in [0.25, 0.3) is 0 Å². The van der Waals surface area contributed by atoms with E-state index in [1.165, 1.54) is 31.3 Å². The molecule has 0 radical (unpaired) electrons. The van der Waals surface area contributed by atoms with Gasteiger partial charge < -0.3 is 19.7 Å². The minimum Gasteiger partial charge on any atom is -0.493 e. The first kappa shape index (κ1) is 29.4. The molecule has 0 saturated carbocycles. The predicted octanol–water partition coefficient (Wildman–Crippen LogP) is 3.56. The number of rotatable bonds is 12. The van der Waals surface area contributed by atoms with Crippen LogP contribution in [0.25, 0.3) is 0 Å². The second kappa shape index (κ2) is 13.0. The van der Waals surface area contributed by atoms with Crippen LogP contribution < -0.4 is 19.1 Å². The third kappa shape index (κ3) is 7.86. The fourth-order valence-electron chi connectivity index (χ4n) is 3.47. The second-order valence-corrected chi connectivity index (χ2v) is 11.3. The molecule has 198 valence electrons. The van der Waals surface area contributed by atoms with Crippen molar-refractivity contribution in [3.63, 3.8) is 0 Å². The zero-order valence-corrected chi connectivity index (χ0v) is 23.9. The van der Waals surface area contributed by atoms with Crippen molar-refractivity contribution in [3.8, 4) is 11.5 Å². The zero-order valence-electron chi connectivity index (χ0n) is 21.4. The van der Waals surface area contributed by atoms with Gasteiger partial charge in [0.2, 0.25) is 21.8 Å². The monoisotopic (exact) mass is 583 g/mol. The minimum atomic E-state index is -3.86. The van der Waals surface area contributed by atoms with E-state index < -0.39 is 28.5 Å². The minimum absolute atomic E-state index is 0.0675. The van der Waals surface area contributed by atoms with E-state index in [0.717, 1.165) is 27.0 Å². The number of methoxy groups -OCH3 is 2. The van der Waals surface area contributed by atoms with Crippen LogP contribution in [0.2, 0.25) is 0 Å². The summed E-state index contributed by atoms with van der Waals surface area (Å²) in [5.74, 6) is -0.0947. The fraction of sp³-hybridized carbons (Fsp3) is 0.440. The molecule has 36 heavy (non-hydrogen) atoms. The van der Waals surface area contributed by atoms with Crippen LogP contribution in [0, 0.1) is 0 Å². The van der Waals surface area contributed by atoms with Gasteiger partial charge in [0, 0.05) is 23.1 Å². The fourth-order valence-corrected chi connectivity index (χ4v) is 4.76. The summed E-state index contributed by atoms with van der Waals surface area (Å²) in [6.07, 6.45) is 1.76. The van der Waals surface area contributed by atoms with Gasteiger partial charge in [-0.3, -0.25) is 13.9 Å². The maximum absolute atomic E-state index is 13.6. The van der Waals surface area contributed by atoms with Gasteiger partial charge >= 0.3 is 0 Å². The van der Waals surface area contributed by atoms with Crippen LogP contribution >= 0.6 is 15.9 Å². The quantitative estimate of drug-likeness (QED) is 0.409. The van der Waals surface area contributed by atoms with E-state index in [2.05, 4.69) is 21.2 Å². The molecule has 2 amide bonds. The van der Waals surface area contributed by atoms with Crippen molar-refractivity contribution < 1.29 is 27.5 Å². The number of sulfonamides is 1. The van der Waals surface area contributed by atoms with Crippen LogP contribution in [0.3, 0.4) is 0 Å². The summed E-state index contributed by atoms with van der Waals surface area (Å²) in [5.41, 5.74) is 1.03. The Hall–Kier alpha value is -2.79. The first-order valence-corrected chi connectivity index (χ1v) is 14.1. The molecular weight excluding hydrogens is 550 g/mol. The molecule has 2 aromatic rings. The largest absolute Gasteiger partial charge is 0.493 e. The number of carbonyl (C=O) groups excluding carboxylic acids is 2. The first-order valence-electron chi connectivity index (χ1n) is 11.4. The van der Waals surface area contributed by atoms with Crippen molar-refractivity contribution in [1.29, 1.82) is 0 Å². The van der Waals surface area contributed by atoms with E-state index in [1.807, 2.05) is 38.1 Å². The molecule has 0 heterocycles. The van der Waals surface area contributed by atoms with E-state index in [4.69, 9.17) is 9.47 Å². The van der Waals surface area contributed by atoms with Gasteiger partial charge in [0.1, 0.15) is 12.6 Å². The van der Waals surface area contributed by atoms with Crippen molar-refractivity contribution in [3.05, 3.63) is 52.5 Å². The molecule has 1 N–H and O–H groups in total. The van der Waals surface area contributed by atoms with Crippen molar-refractivity contribution in [2.24, 2.45) is 0 Å². The lowest BCUT2D eigenvalue weighted by atomic mass is 10.1. The molecule has 9 nitrogen and oxygen atoms in total. The van der Waals surface area contributed by atoms with Gasteiger partial charge in [-0.05, 0) is 50.1 Å². The summed E-state index contributed by atoms with van der Waals surface area (Å²) >= 11 is 3.43. The third-order valence-electron chi connectivity index (χ3n) is 5.74. The number of nitrogens with zero attached hydrogens (tertiary/aromatic N) is 2. The van der Waals surface area contributed by atoms with Crippen molar-refractivity contribution in [2.45, 2.75) is 45.8 Å². The average Bonchev–Trinajstić information content (AvgIpc) is 2.83. The highest BCUT2D eigenvalue weighted by Gasteiger charge is 2.30. The van der Waals surface area contributed by atoms with Crippen LogP contribution in [0.4, 0.5) is 5.69 Å². The number of ether oxygens (including phenoxy) is 2. The smallest absolute Gasteiger partial charge is 0.244 e. The van der Waals surface area contributed by atoms with Gasteiger partial charge in [0.15, 0.2) is 11.5 Å². The topological polar surface area (TPSA) is 105 Å². The molecule has 2 rings (SSSR count). The summed E-state index contributed by atoms with van der Waals surface area (Å²) in [5, 5.41) is 2.90. The summed E-state index contributed by atoms with van der Waals surface area (Å²) in [4.78, 5) is 27.9. The molecule has 0 spiro atoms. The molecule has 11 heteroatoms. The number of carbonyl (C=O) groups is 2. The van der Waals surface area contributed by atoms with E-state index in [9.17, 15) is 18.0 Å². The zero-order chi connectivity index (χ0) is 27.0. The van der Waals surface area contributed by atoms with E-state index in [1.54, 1.807) is 13.0 Å². The van der Waals surface area contributed by atoms with Gasteiger partial charge in [-0.2, -0.15) is 0 Å². The van der Waals surface area contributed by atoms with Crippen LogP contribution in [0.15, 0.2) is 46.9 Å². The number of halogens is 1. The molecule has 0 bridgehead atoms. The molecule has 0 aliphatic carbocycles. The highest BCUT2D eigenvalue weighted by Crippen LogP contribution is 2.32. The van der Waals surface area contributed by atoms with Crippen molar-refractivity contribution in [1.82, 2.24) is 10.2 Å². The standard InChI is InChI=1S/C25H34BrN3O6S/c1-7-17(2)27-25(31)18(3)28(15-19-9-8-10-20(26)13-19)24(30)16-29(36(6,32)33)21-11-12-22(34-4)23(14-21)35-5/h8-14,17-18H,7,15-16H2,1-6H3,(H,27,31)/t17-,18+/m1/s1. The predicted molar refractivity (Wildman–Crippen MR) is 144 cm³/mol. The van der Waals surface area contributed by atoms with E-state index >= 15 is 0 Å².